The van der Waals surface area contributed by atoms with Crippen LogP contribution in [0, 0.1) is 19.8 Å². The molecule has 1 N–H and O–H groups in total. The minimum atomic E-state index is -0.615. The molecular weight excluding hydrogens is 494 g/mol. The van der Waals surface area contributed by atoms with E-state index in [1.807, 2.05) is 19.9 Å². The molecule has 2 aliphatic heterocycles. The average molecular weight is 534 g/mol. The van der Waals surface area contributed by atoms with Gasteiger partial charge in [-0.2, -0.15) is 0 Å². The summed E-state index contributed by atoms with van der Waals surface area (Å²) in [7, 11) is 2.21. The summed E-state index contributed by atoms with van der Waals surface area (Å²) in [5, 5.41) is 3.98. The summed E-state index contributed by atoms with van der Waals surface area (Å²) >= 11 is 1.80. The SMILES string of the molecule is Cc1cc(NC(=O)C(=O)N2C[C@@H](C)CC[C@@H]2c2ccc3sc([C@@H]4CCN(C)C(C)(C)C4)nc3c2)cnc1C. The predicted molar refractivity (Wildman–Crippen MR) is 153 cm³/mol. The Hall–Kier alpha value is -2.84. The van der Waals surface area contributed by atoms with E-state index in [1.54, 1.807) is 22.4 Å². The smallest absolute Gasteiger partial charge is 0.313 e. The van der Waals surface area contributed by atoms with Gasteiger partial charge in [-0.15, -0.1) is 11.3 Å². The summed E-state index contributed by atoms with van der Waals surface area (Å²) in [4.78, 5) is 40.0. The maximum atomic E-state index is 13.4. The van der Waals surface area contributed by atoms with Crippen LogP contribution in [0.15, 0.2) is 30.5 Å². The molecule has 3 atom stereocenters. The molecule has 38 heavy (non-hydrogen) atoms. The van der Waals surface area contributed by atoms with Gasteiger partial charge in [0.05, 0.1) is 33.2 Å². The summed E-state index contributed by atoms with van der Waals surface area (Å²) in [6, 6.07) is 8.12. The quantitative estimate of drug-likeness (QED) is 0.428. The molecule has 7 nitrogen and oxygen atoms in total. The summed E-state index contributed by atoms with van der Waals surface area (Å²) in [5.41, 5.74) is 4.63. The van der Waals surface area contributed by atoms with Crippen LogP contribution in [0.4, 0.5) is 5.69 Å². The minimum absolute atomic E-state index is 0.140. The van der Waals surface area contributed by atoms with Crippen LogP contribution in [0.3, 0.4) is 0 Å². The first kappa shape index (κ1) is 26.8. The standard InChI is InChI=1S/C30H39N5O2S/c1-18-7-9-25(35(17-18)29(37)27(36)32-23-13-19(2)20(3)31-16-23)21-8-10-26-24(14-21)33-28(38-26)22-11-12-34(6)30(4,5)15-22/h8,10,13-14,16,18,22,25H,7,9,11-12,15,17H2,1-6H3,(H,32,36)/t18-,22+,25+/m0/s1. The zero-order valence-electron chi connectivity index (χ0n) is 23.4. The molecule has 202 valence electrons. The van der Waals surface area contributed by atoms with E-state index in [9.17, 15) is 9.59 Å². The Morgan fingerprint density at radius 1 is 1.13 bits per heavy atom. The molecule has 2 aliphatic rings. The summed E-state index contributed by atoms with van der Waals surface area (Å²) < 4.78 is 1.18. The second kappa shape index (κ2) is 10.4. The van der Waals surface area contributed by atoms with Crippen molar-refractivity contribution in [2.45, 2.75) is 77.8 Å². The lowest BCUT2D eigenvalue weighted by Crippen LogP contribution is -2.46. The molecule has 2 aromatic heterocycles. The summed E-state index contributed by atoms with van der Waals surface area (Å²) in [6.07, 6.45) is 5.67. The van der Waals surface area contributed by atoms with Crippen molar-refractivity contribution in [1.82, 2.24) is 19.8 Å². The first-order chi connectivity index (χ1) is 18.0. The highest BCUT2D eigenvalue weighted by atomic mass is 32.1. The van der Waals surface area contributed by atoms with E-state index in [0.29, 0.717) is 24.1 Å². The number of aryl methyl sites for hydroxylation is 2. The van der Waals surface area contributed by atoms with Crippen molar-refractivity contribution in [2.24, 2.45) is 5.92 Å². The fraction of sp³-hybridized carbons (Fsp3) is 0.533. The van der Waals surface area contributed by atoms with Crippen LogP contribution >= 0.6 is 11.3 Å². The Kier molecular flexibility index (Phi) is 7.31. The second-order valence-corrected chi connectivity index (χ2v) is 13.0. The van der Waals surface area contributed by atoms with Gasteiger partial charge in [-0.25, -0.2) is 4.98 Å². The molecule has 0 saturated carbocycles. The Morgan fingerprint density at radius 3 is 2.66 bits per heavy atom. The lowest BCUT2D eigenvalue weighted by atomic mass is 9.83. The van der Waals surface area contributed by atoms with E-state index < -0.39 is 11.8 Å². The third kappa shape index (κ3) is 5.34. The zero-order valence-corrected chi connectivity index (χ0v) is 24.2. The van der Waals surface area contributed by atoms with Crippen LogP contribution in [0.5, 0.6) is 0 Å². The van der Waals surface area contributed by atoms with E-state index >= 15 is 0 Å². The number of amides is 2. The molecule has 2 fully saturated rings. The molecule has 0 radical (unpaired) electrons. The van der Waals surface area contributed by atoms with Crippen LogP contribution in [0.1, 0.15) is 80.2 Å². The lowest BCUT2D eigenvalue weighted by molar-refractivity contribution is -0.146. The number of likely N-dealkylation sites (tertiary alicyclic amines) is 2. The highest BCUT2D eigenvalue weighted by molar-refractivity contribution is 7.18. The van der Waals surface area contributed by atoms with Gasteiger partial charge >= 0.3 is 11.8 Å². The fourth-order valence-electron chi connectivity index (χ4n) is 5.82. The molecule has 2 amide bonds. The number of carbonyl (C=O) groups excluding carboxylic acids is 2. The van der Waals surface area contributed by atoms with Crippen LogP contribution in [0.25, 0.3) is 10.2 Å². The van der Waals surface area contributed by atoms with Crippen LogP contribution in [-0.2, 0) is 9.59 Å². The number of nitrogens with zero attached hydrogens (tertiary/aromatic N) is 4. The number of nitrogens with one attached hydrogen (secondary N) is 1. The average Bonchev–Trinajstić information content (AvgIpc) is 3.31. The molecule has 1 aromatic carbocycles. The number of piperidine rings is 2. The number of thiazole rings is 1. The van der Waals surface area contributed by atoms with E-state index in [-0.39, 0.29) is 11.6 Å². The largest absolute Gasteiger partial charge is 0.327 e. The van der Waals surface area contributed by atoms with Crippen molar-refractivity contribution < 1.29 is 9.59 Å². The number of benzene rings is 1. The van der Waals surface area contributed by atoms with Crippen molar-refractivity contribution in [2.75, 3.05) is 25.5 Å². The minimum Gasteiger partial charge on any atom is -0.327 e. The fourth-order valence-corrected chi connectivity index (χ4v) is 6.90. The molecule has 5 rings (SSSR count). The van der Waals surface area contributed by atoms with Gasteiger partial charge in [0.15, 0.2) is 0 Å². The first-order valence-corrected chi connectivity index (χ1v) is 14.5. The third-order valence-electron chi connectivity index (χ3n) is 8.62. The van der Waals surface area contributed by atoms with Crippen molar-refractivity contribution >= 4 is 39.1 Å². The van der Waals surface area contributed by atoms with Gasteiger partial charge in [0.2, 0.25) is 0 Å². The Morgan fingerprint density at radius 2 is 1.92 bits per heavy atom. The van der Waals surface area contributed by atoms with Gasteiger partial charge in [0, 0.05) is 23.7 Å². The van der Waals surface area contributed by atoms with Crippen molar-refractivity contribution in [3.63, 3.8) is 0 Å². The maximum Gasteiger partial charge on any atom is 0.313 e. The number of anilines is 1. The molecule has 4 heterocycles. The van der Waals surface area contributed by atoms with Crippen molar-refractivity contribution in [1.29, 1.82) is 0 Å². The van der Waals surface area contributed by atoms with Crippen molar-refractivity contribution in [3.8, 4) is 0 Å². The van der Waals surface area contributed by atoms with E-state index in [1.165, 1.54) is 9.71 Å². The molecule has 0 aliphatic carbocycles. The molecular formula is C30H39N5O2S. The number of fused-ring (bicyclic) bond motifs is 1. The molecule has 2 saturated heterocycles. The Bertz CT molecular complexity index is 1370. The lowest BCUT2D eigenvalue weighted by Gasteiger charge is -2.43. The van der Waals surface area contributed by atoms with Crippen LogP contribution < -0.4 is 5.32 Å². The van der Waals surface area contributed by atoms with E-state index in [4.69, 9.17) is 4.98 Å². The van der Waals surface area contributed by atoms with Crippen LogP contribution in [-0.4, -0.2) is 57.3 Å². The monoisotopic (exact) mass is 533 g/mol. The van der Waals surface area contributed by atoms with Gasteiger partial charge in [-0.05, 0) is 102 Å². The third-order valence-corrected chi connectivity index (χ3v) is 9.82. The number of pyridine rings is 1. The molecule has 0 unspecified atom stereocenters. The van der Waals surface area contributed by atoms with Crippen LogP contribution in [0.2, 0.25) is 0 Å². The Labute approximate surface area is 229 Å². The second-order valence-electron chi connectivity index (χ2n) is 11.9. The van der Waals surface area contributed by atoms with Gasteiger partial charge in [0.25, 0.3) is 0 Å². The Balaban J connectivity index is 1.37. The van der Waals surface area contributed by atoms with Gasteiger partial charge < -0.3 is 15.1 Å². The van der Waals surface area contributed by atoms with E-state index in [0.717, 1.165) is 54.6 Å². The van der Waals surface area contributed by atoms with Gasteiger partial charge in [0.1, 0.15) is 0 Å². The number of rotatable bonds is 3. The zero-order chi connectivity index (χ0) is 27.2. The molecule has 3 aromatic rings. The normalized spacial score (nSPS) is 23.9. The number of hydrogen-bond donors (Lipinski definition) is 1. The number of hydrogen-bond acceptors (Lipinski definition) is 6. The van der Waals surface area contributed by atoms with E-state index in [2.05, 4.69) is 61.2 Å². The van der Waals surface area contributed by atoms with Crippen molar-refractivity contribution in [3.05, 3.63) is 52.3 Å². The summed E-state index contributed by atoms with van der Waals surface area (Å²) in [6.45, 7) is 12.3. The van der Waals surface area contributed by atoms with Gasteiger partial charge in [-0.3, -0.25) is 14.6 Å². The highest BCUT2D eigenvalue weighted by Gasteiger charge is 2.36. The maximum absolute atomic E-state index is 13.4. The number of carbonyl (C=O) groups is 2. The predicted octanol–water partition coefficient (Wildman–Crippen LogP) is 5.83. The van der Waals surface area contributed by atoms with Gasteiger partial charge in [-0.1, -0.05) is 13.0 Å². The molecule has 8 heteroatoms. The molecule has 0 spiro atoms. The molecule has 0 bridgehead atoms. The highest BCUT2D eigenvalue weighted by Crippen LogP contribution is 2.41. The first-order valence-electron chi connectivity index (χ1n) is 13.7. The topological polar surface area (TPSA) is 78.4 Å². The number of aromatic nitrogens is 2. The summed E-state index contributed by atoms with van der Waals surface area (Å²) in [5.74, 6) is -0.295.